The molecular formula is C15H20N2. The van der Waals surface area contributed by atoms with Gasteiger partial charge in [0.15, 0.2) is 0 Å². The van der Waals surface area contributed by atoms with Gasteiger partial charge in [0, 0.05) is 12.2 Å². The number of benzene rings is 1. The number of nitriles is 1. The van der Waals surface area contributed by atoms with E-state index in [1.165, 1.54) is 16.8 Å². The summed E-state index contributed by atoms with van der Waals surface area (Å²) in [5.74, 6) is 0.509. The monoisotopic (exact) mass is 228 g/mol. The molecule has 1 aromatic rings. The van der Waals surface area contributed by atoms with Gasteiger partial charge in [-0.1, -0.05) is 32.0 Å². The molecule has 1 aliphatic carbocycles. The van der Waals surface area contributed by atoms with Gasteiger partial charge in [0.05, 0.1) is 11.5 Å². The Labute approximate surface area is 104 Å². The third kappa shape index (κ3) is 2.44. The minimum Gasteiger partial charge on any atom is -0.383 e. The van der Waals surface area contributed by atoms with E-state index >= 15 is 0 Å². The zero-order valence-corrected chi connectivity index (χ0v) is 10.9. The molecule has 0 saturated heterocycles. The summed E-state index contributed by atoms with van der Waals surface area (Å²) in [6, 6.07) is 8.83. The molecule has 2 rings (SSSR count). The highest BCUT2D eigenvalue weighted by atomic mass is 14.9. The summed E-state index contributed by atoms with van der Waals surface area (Å²) < 4.78 is 0. The van der Waals surface area contributed by atoms with E-state index in [-0.39, 0.29) is 5.41 Å². The van der Waals surface area contributed by atoms with E-state index in [2.05, 4.69) is 50.4 Å². The number of nitrogens with one attached hydrogen (secondary N) is 1. The number of para-hydroxylation sites is 1. The van der Waals surface area contributed by atoms with Crippen LogP contribution in [-0.2, 0) is 0 Å². The molecule has 1 saturated carbocycles. The van der Waals surface area contributed by atoms with Crippen molar-refractivity contribution in [2.24, 2.45) is 5.41 Å². The van der Waals surface area contributed by atoms with Gasteiger partial charge < -0.3 is 5.32 Å². The third-order valence-electron chi connectivity index (χ3n) is 3.62. The lowest BCUT2D eigenvalue weighted by molar-refractivity contribution is 0.708. The van der Waals surface area contributed by atoms with Crippen molar-refractivity contribution in [3.05, 3.63) is 29.3 Å². The SMILES string of the molecule is Cc1cccc(C(C)C)c1NCC1(C#N)CC1. The largest absolute Gasteiger partial charge is 0.383 e. The Kier molecular flexibility index (Phi) is 3.11. The molecule has 2 heteroatoms. The lowest BCUT2D eigenvalue weighted by Crippen LogP contribution is -2.15. The van der Waals surface area contributed by atoms with Crippen LogP contribution >= 0.6 is 0 Å². The average molecular weight is 228 g/mol. The second kappa shape index (κ2) is 4.41. The van der Waals surface area contributed by atoms with Crippen molar-refractivity contribution < 1.29 is 0 Å². The highest BCUT2D eigenvalue weighted by Crippen LogP contribution is 2.45. The number of hydrogen-bond donors (Lipinski definition) is 1. The molecular weight excluding hydrogens is 208 g/mol. The first-order valence-corrected chi connectivity index (χ1v) is 6.33. The molecule has 0 heterocycles. The Balaban J connectivity index is 2.17. The first kappa shape index (κ1) is 12.0. The number of hydrogen-bond acceptors (Lipinski definition) is 2. The molecule has 1 fully saturated rings. The maximum Gasteiger partial charge on any atom is 0.0747 e. The van der Waals surface area contributed by atoms with E-state index in [0.717, 1.165) is 19.4 Å². The van der Waals surface area contributed by atoms with E-state index in [9.17, 15) is 0 Å². The molecule has 1 aliphatic rings. The summed E-state index contributed by atoms with van der Waals surface area (Å²) in [7, 11) is 0. The molecule has 0 aromatic heterocycles. The molecule has 0 atom stereocenters. The molecule has 0 aliphatic heterocycles. The summed E-state index contributed by atoms with van der Waals surface area (Å²) >= 11 is 0. The van der Waals surface area contributed by atoms with Crippen LogP contribution in [0.5, 0.6) is 0 Å². The zero-order valence-electron chi connectivity index (χ0n) is 10.9. The highest BCUT2D eigenvalue weighted by Gasteiger charge is 2.43. The fraction of sp³-hybridized carbons (Fsp3) is 0.533. The molecule has 2 nitrogen and oxygen atoms in total. The second-order valence-corrected chi connectivity index (χ2v) is 5.44. The topological polar surface area (TPSA) is 35.8 Å². The van der Waals surface area contributed by atoms with Crippen LogP contribution in [0.2, 0.25) is 0 Å². The third-order valence-corrected chi connectivity index (χ3v) is 3.62. The number of rotatable bonds is 4. The van der Waals surface area contributed by atoms with E-state index in [0.29, 0.717) is 5.92 Å². The van der Waals surface area contributed by atoms with Crippen LogP contribution in [0.15, 0.2) is 18.2 Å². The summed E-state index contributed by atoms with van der Waals surface area (Å²) in [4.78, 5) is 0. The van der Waals surface area contributed by atoms with Gasteiger partial charge >= 0.3 is 0 Å². The van der Waals surface area contributed by atoms with Gasteiger partial charge in [-0.3, -0.25) is 0 Å². The van der Waals surface area contributed by atoms with E-state index in [4.69, 9.17) is 5.26 Å². The fourth-order valence-corrected chi connectivity index (χ4v) is 2.15. The van der Waals surface area contributed by atoms with Gasteiger partial charge in [-0.05, 0) is 36.8 Å². The highest BCUT2D eigenvalue weighted by molar-refractivity contribution is 5.58. The van der Waals surface area contributed by atoms with Crippen molar-refractivity contribution in [1.29, 1.82) is 5.26 Å². The lowest BCUT2D eigenvalue weighted by atomic mass is 9.97. The summed E-state index contributed by atoms with van der Waals surface area (Å²) in [6.07, 6.45) is 2.08. The van der Waals surface area contributed by atoms with Crippen LogP contribution in [0, 0.1) is 23.7 Å². The molecule has 17 heavy (non-hydrogen) atoms. The summed E-state index contributed by atoms with van der Waals surface area (Å²) in [5, 5.41) is 12.6. The van der Waals surface area contributed by atoms with Crippen molar-refractivity contribution in [2.45, 2.75) is 39.5 Å². The van der Waals surface area contributed by atoms with Gasteiger partial charge in [0.2, 0.25) is 0 Å². The van der Waals surface area contributed by atoms with Crippen LogP contribution in [0.1, 0.15) is 43.7 Å². The normalized spacial score (nSPS) is 16.6. The van der Waals surface area contributed by atoms with Gasteiger partial charge in [-0.15, -0.1) is 0 Å². The van der Waals surface area contributed by atoms with E-state index < -0.39 is 0 Å². The molecule has 90 valence electrons. The predicted molar refractivity (Wildman–Crippen MR) is 71.0 cm³/mol. The van der Waals surface area contributed by atoms with Crippen molar-refractivity contribution in [1.82, 2.24) is 0 Å². The van der Waals surface area contributed by atoms with Crippen LogP contribution < -0.4 is 5.32 Å². The zero-order chi connectivity index (χ0) is 12.5. The van der Waals surface area contributed by atoms with E-state index in [1.54, 1.807) is 0 Å². The van der Waals surface area contributed by atoms with Crippen molar-refractivity contribution in [3.63, 3.8) is 0 Å². The Morgan fingerprint density at radius 1 is 1.41 bits per heavy atom. The van der Waals surface area contributed by atoms with E-state index in [1.807, 2.05) is 0 Å². The molecule has 0 amide bonds. The smallest absolute Gasteiger partial charge is 0.0747 e. The maximum absolute atomic E-state index is 9.09. The minimum absolute atomic E-state index is 0.0868. The first-order valence-electron chi connectivity index (χ1n) is 6.33. The van der Waals surface area contributed by atoms with Crippen LogP contribution in [0.25, 0.3) is 0 Å². The summed E-state index contributed by atoms with van der Waals surface area (Å²) in [6.45, 7) is 7.32. The van der Waals surface area contributed by atoms with Gasteiger partial charge in [-0.2, -0.15) is 5.26 Å². The fourth-order valence-electron chi connectivity index (χ4n) is 2.15. The predicted octanol–water partition coefficient (Wildman–Crippen LogP) is 3.83. The van der Waals surface area contributed by atoms with Crippen molar-refractivity contribution >= 4 is 5.69 Å². The Hall–Kier alpha value is -1.49. The molecule has 1 aromatic carbocycles. The van der Waals surface area contributed by atoms with Crippen LogP contribution in [0.3, 0.4) is 0 Å². The molecule has 0 unspecified atom stereocenters. The van der Waals surface area contributed by atoms with Crippen molar-refractivity contribution in [3.8, 4) is 6.07 Å². The Morgan fingerprint density at radius 2 is 2.12 bits per heavy atom. The van der Waals surface area contributed by atoms with Crippen molar-refractivity contribution in [2.75, 3.05) is 11.9 Å². The quantitative estimate of drug-likeness (QED) is 0.850. The summed E-state index contributed by atoms with van der Waals surface area (Å²) in [5.41, 5.74) is 3.75. The molecule has 0 spiro atoms. The molecule has 0 radical (unpaired) electrons. The van der Waals surface area contributed by atoms with Gasteiger partial charge in [0.1, 0.15) is 0 Å². The maximum atomic E-state index is 9.09. The molecule has 0 bridgehead atoms. The lowest BCUT2D eigenvalue weighted by Gasteiger charge is -2.18. The van der Waals surface area contributed by atoms with Crippen LogP contribution in [-0.4, -0.2) is 6.54 Å². The Morgan fingerprint density at radius 3 is 2.65 bits per heavy atom. The second-order valence-electron chi connectivity index (χ2n) is 5.44. The minimum atomic E-state index is -0.0868. The van der Waals surface area contributed by atoms with Gasteiger partial charge in [-0.25, -0.2) is 0 Å². The van der Waals surface area contributed by atoms with Gasteiger partial charge in [0.25, 0.3) is 0 Å². The Bertz CT molecular complexity index is 450. The number of nitrogens with zero attached hydrogens (tertiary/aromatic N) is 1. The average Bonchev–Trinajstić information content (AvgIpc) is 3.08. The molecule has 1 N–H and O–H groups in total. The standard InChI is InChI=1S/C15H20N2/c1-11(2)13-6-4-5-12(3)14(13)17-10-15(9-16)7-8-15/h4-6,11,17H,7-8,10H2,1-3H3. The number of aryl methyl sites for hydroxylation is 1. The first-order chi connectivity index (χ1) is 8.08. The van der Waals surface area contributed by atoms with Crippen LogP contribution in [0.4, 0.5) is 5.69 Å². The number of anilines is 1.